The molecular weight excluding hydrogens is 320 g/mol. The second-order valence-corrected chi connectivity index (χ2v) is 7.44. The quantitative estimate of drug-likeness (QED) is 0.733. The predicted octanol–water partition coefficient (Wildman–Crippen LogP) is 1.50. The van der Waals surface area contributed by atoms with Crippen LogP contribution in [-0.2, 0) is 19.6 Å². The molecule has 23 heavy (non-hydrogen) atoms. The van der Waals surface area contributed by atoms with E-state index in [1.54, 1.807) is 19.9 Å². The summed E-state index contributed by atoms with van der Waals surface area (Å²) in [5.74, 6) is 0.133. The highest BCUT2D eigenvalue weighted by molar-refractivity contribution is 7.89. The summed E-state index contributed by atoms with van der Waals surface area (Å²) in [5.41, 5.74) is -0.628. The number of rotatable bonds is 7. The van der Waals surface area contributed by atoms with Gasteiger partial charge in [0.05, 0.1) is 10.6 Å². The minimum absolute atomic E-state index is 0.0799. The van der Waals surface area contributed by atoms with Crippen LogP contribution in [0.4, 0.5) is 5.69 Å². The van der Waals surface area contributed by atoms with Crippen molar-refractivity contribution >= 4 is 21.6 Å². The summed E-state index contributed by atoms with van der Waals surface area (Å²) < 4.78 is 37.8. The molecule has 0 aliphatic carbocycles. The first-order valence-corrected chi connectivity index (χ1v) is 8.96. The highest BCUT2D eigenvalue weighted by Gasteiger charge is 2.35. The van der Waals surface area contributed by atoms with Crippen LogP contribution in [0.2, 0.25) is 0 Å². The zero-order valence-corrected chi connectivity index (χ0v) is 14.3. The van der Waals surface area contributed by atoms with E-state index in [4.69, 9.17) is 9.47 Å². The van der Waals surface area contributed by atoms with Crippen molar-refractivity contribution in [2.24, 2.45) is 0 Å². The van der Waals surface area contributed by atoms with E-state index in [9.17, 15) is 13.2 Å². The fraction of sp³-hybridized carbons (Fsp3) is 0.533. The highest BCUT2D eigenvalue weighted by Crippen LogP contribution is 2.35. The molecule has 2 N–H and O–H groups in total. The molecule has 0 saturated heterocycles. The molecule has 1 aromatic carbocycles. The van der Waals surface area contributed by atoms with Crippen LogP contribution in [0.15, 0.2) is 23.1 Å². The minimum atomic E-state index is -3.64. The van der Waals surface area contributed by atoms with Gasteiger partial charge in [0, 0.05) is 19.8 Å². The van der Waals surface area contributed by atoms with Gasteiger partial charge in [-0.15, -0.1) is 0 Å². The molecule has 0 bridgehead atoms. The fourth-order valence-electron chi connectivity index (χ4n) is 2.07. The Hall–Kier alpha value is -1.64. The monoisotopic (exact) mass is 342 g/mol. The Balaban J connectivity index is 2.09. The molecule has 2 rings (SSSR count). The summed E-state index contributed by atoms with van der Waals surface area (Å²) in [7, 11) is -3.64. The van der Waals surface area contributed by atoms with Crippen molar-refractivity contribution in [1.82, 2.24) is 4.72 Å². The maximum atomic E-state index is 12.3. The van der Waals surface area contributed by atoms with Gasteiger partial charge in [-0.25, -0.2) is 13.1 Å². The first-order chi connectivity index (χ1) is 10.8. The molecule has 0 fully saturated rings. The highest BCUT2D eigenvalue weighted by atomic mass is 32.2. The molecule has 1 amide bonds. The molecule has 1 aromatic rings. The molecule has 1 aliphatic rings. The van der Waals surface area contributed by atoms with E-state index in [0.717, 1.165) is 0 Å². The molecule has 7 nitrogen and oxygen atoms in total. The Morgan fingerprint density at radius 1 is 1.35 bits per heavy atom. The topological polar surface area (TPSA) is 93.7 Å². The average molecular weight is 342 g/mol. The Bertz CT molecular complexity index is 685. The van der Waals surface area contributed by atoms with Crippen LogP contribution in [0.1, 0.15) is 27.2 Å². The number of amides is 1. The Morgan fingerprint density at radius 2 is 2.09 bits per heavy atom. The number of ether oxygens (including phenoxy) is 2. The van der Waals surface area contributed by atoms with E-state index < -0.39 is 15.6 Å². The molecule has 0 aromatic heterocycles. The summed E-state index contributed by atoms with van der Waals surface area (Å²) >= 11 is 0. The van der Waals surface area contributed by atoms with E-state index >= 15 is 0 Å². The second-order valence-electron chi connectivity index (χ2n) is 5.67. The first-order valence-electron chi connectivity index (χ1n) is 7.48. The lowest BCUT2D eigenvalue weighted by molar-refractivity contribution is -0.129. The smallest absolute Gasteiger partial charge is 0.268 e. The summed E-state index contributed by atoms with van der Waals surface area (Å²) in [6.07, 6.45) is 0.589. The zero-order valence-electron chi connectivity index (χ0n) is 13.5. The molecule has 128 valence electrons. The Kier molecular flexibility index (Phi) is 5.28. The van der Waals surface area contributed by atoms with Gasteiger partial charge in [-0.2, -0.15) is 0 Å². The number of fused-ring (bicyclic) bond motifs is 1. The number of carbonyl (C=O) groups is 1. The first kappa shape index (κ1) is 17.7. The number of anilines is 1. The van der Waals surface area contributed by atoms with Gasteiger partial charge >= 0.3 is 0 Å². The number of hydrogen-bond acceptors (Lipinski definition) is 5. The van der Waals surface area contributed by atoms with Crippen molar-refractivity contribution in [3.63, 3.8) is 0 Å². The van der Waals surface area contributed by atoms with Crippen LogP contribution < -0.4 is 14.8 Å². The summed E-state index contributed by atoms with van der Waals surface area (Å²) in [6.45, 7) is 6.58. The van der Waals surface area contributed by atoms with Gasteiger partial charge in [0.15, 0.2) is 5.60 Å². The van der Waals surface area contributed by atoms with Crippen LogP contribution >= 0.6 is 0 Å². The van der Waals surface area contributed by atoms with E-state index in [2.05, 4.69) is 10.0 Å². The molecular formula is C15H22N2O5S. The third-order valence-electron chi connectivity index (χ3n) is 3.38. The summed E-state index contributed by atoms with van der Waals surface area (Å²) in [6, 6.07) is 4.40. The number of hydrogen-bond donors (Lipinski definition) is 2. The number of sulfonamides is 1. The lowest BCUT2D eigenvalue weighted by Crippen LogP contribution is -2.45. The second kappa shape index (κ2) is 6.86. The van der Waals surface area contributed by atoms with Crippen molar-refractivity contribution in [2.45, 2.75) is 37.7 Å². The normalized spacial score (nSPS) is 16.4. The predicted molar refractivity (Wildman–Crippen MR) is 86.1 cm³/mol. The molecule has 0 unspecified atom stereocenters. The van der Waals surface area contributed by atoms with Crippen LogP contribution in [-0.4, -0.2) is 39.7 Å². The maximum absolute atomic E-state index is 12.3. The number of benzene rings is 1. The van der Waals surface area contributed by atoms with Gasteiger partial charge in [0.2, 0.25) is 10.0 Å². The minimum Gasteiger partial charge on any atom is -0.476 e. The lowest BCUT2D eigenvalue weighted by Gasteiger charge is -2.31. The van der Waals surface area contributed by atoms with Crippen molar-refractivity contribution in [1.29, 1.82) is 0 Å². The number of nitrogens with one attached hydrogen (secondary N) is 2. The molecule has 0 atom stereocenters. The van der Waals surface area contributed by atoms with Crippen molar-refractivity contribution in [2.75, 3.05) is 25.1 Å². The molecule has 0 spiro atoms. The Labute approximate surface area is 136 Å². The van der Waals surface area contributed by atoms with Crippen molar-refractivity contribution < 1.29 is 22.7 Å². The third-order valence-corrected chi connectivity index (χ3v) is 4.84. The maximum Gasteiger partial charge on any atom is 0.268 e. The van der Waals surface area contributed by atoms with Crippen LogP contribution in [0.25, 0.3) is 0 Å². The van der Waals surface area contributed by atoms with Gasteiger partial charge in [-0.05, 0) is 45.4 Å². The molecule has 8 heteroatoms. The average Bonchev–Trinajstić information content (AvgIpc) is 2.47. The van der Waals surface area contributed by atoms with Gasteiger partial charge in [-0.3, -0.25) is 4.79 Å². The fourth-order valence-corrected chi connectivity index (χ4v) is 3.17. The van der Waals surface area contributed by atoms with Crippen LogP contribution in [0, 0.1) is 0 Å². The van der Waals surface area contributed by atoms with Gasteiger partial charge in [0.25, 0.3) is 5.91 Å². The zero-order chi connectivity index (χ0) is 17.1. The lowest BCUT2D eigenvalue weighted by atomic mass is 10.1. The molecule has 1 heterocycles. The van der Waals surface area contributed by atoms with E-state index in [-0.39, 0.29) is 17.3 Å². The van der Waals surface area contributed by atoms with Gasteiger partial charge in [0.1, 0.15) is 5.75 Å². The Morgan fingerprint density at radius 3 is 2.78 bits per heavy atom. The van der Waals surface area contributed by atoms with Gasteiger partial charge < -0.3 is 14.8 Å². The summed E-state index contributed by atoms with van der Waals surface area (Å²) in [4.78, 5) is 12.0. The van der Waals surface area contributed by atoms with Crippen molar-refractivity contribution in [3.8, 4) is 5.75 Å². The van der Waals surface area contributed by atoms with E-state index in [0.29, 0.717) is 31.1 Å². The molecule has 0 radical (unpaired) electrons. The largest absolute Gasteiger partial charge is 0.476 e. The molecule has 0 saturated carbocycles. The van der Waals surface area contributed by atoms with E-state index in [1.165, 1.54) is 12.1 Å². The van der Waals surface area contributed by atoms with E-state index in [1.807, 2.05) is 6.92 Å². The van der Waals surface area contributed by atoms with Crippen molar-refractivity contribution in [3.05, 3.63) is 18.2 Å². The summed E-state index contributed by atoms with van der Waals surface area (Å²) in [5, 5.41) is 2.67. The third kappa shape index (κ3) is 4.21. The molecule has 1 aliphatic heterocycles. The van der Waals surface area contributed by atoms with Crippen LogP contribution in [0.5, 0.6) is 5.75 Å². The number of carbonyl (C=O) groups excluding carboxylic acids is 1. The SMILES string of the molecule is CCOCCCNS(=O)(=O)c1ccc2c(c1)NC(=O)C(C)(C)O2. The van der Waals surface area contributed by atoms with Gasteiger partial charge in [-0.1, -0.05) is 0 Å². The standard InChI is InChI=1S/C15H22N2O5S/c1-4-21-9-5-8-16-23(19,20)11-6-7-13-12(10-11)17-14(18)15(2,3)22-13/h6-7,10,16H,4-5,8-9H2,1-3H3,(H,17,18). The van der Waals surface area contributed by atoms with Crippen LogP contribution in [0.3, 0.4) is 0 Å².